The van der Waals surface area contributed by atoms with Crippen molar-refractivity contribution in [2.45, 2.75) is 19.1 Å². The third kappa shape index (κ3) is 9.08. The average molecular weight is 506 g/mol. The number of nitro groups is 1. The van der Waals surface area contributed by atoms with Gasteiger partial charge in [-0.1, -0.05) is 0 Å². The van der Waals surface area contributed by atoms with Crippen LogP contribution < -0.4 is 10.1 Å². The molecule has 16 heteroatoms. The molecule has 2 unspecified atom stereocenters. The lowest BCUT2D eigenvalue weighted by molar-refractivity contribution is -0.384. The number of hydrogen-bond acceptors (Lipinski definition) is 10. The molecule has 2 aromatic rings. The number of anilines is 1. The molecule has 0 heterocycles. The number of hydrogen-bond donors (Lipinski definition) is 3. The minimum absolute atomic E-state index is 0.0686. The van der Waals surface area contributed by atoms with Crippen LogP contribution >= 0.6 is 0 Å². The number of nitrogens with zero attached hydrogens (tertiary/aromatic N) is 1. The van der Waals surface area contributed by atoms with Gasteiger partial charge in [0.15, 0.2) is 6.10 Å². The highest BCUT2D eigenvalue weighted by Gasteiger charge is 2.32. The summed E-state index contributed by atoms with van der Waals surface area (Å²) in [4.78, 5) is 21.4. The van der Waals surface area contributed by atoms with Crippen LogP contribution in [-0.2, 0) is 34.0 Å². The largest absolute Gasteiger partial charge is 0.483 e. The number of nitro benzene ring substituents is 1. The molecule has 3 N–H and O–H groups in total. The summed E-state index contributed by atoms with van der Waals surface area (Å²) in [6, 6.07) is 10.1. The van der Waals surface area contributed by atoms with Crippen LogP contribution in [0.2, 0.25) is 0 Å². The number of ether oxygens (including phenoxy) is 1. The fraction of sp³-hybridized carbons (Fsp3) is 0.235. The first-order valence-corrected chi connectivity index (χ1v) is 11.5. The van der Waals surface area contributed by atoms with Gasteiger partial charge in [-0.05, 0) is 42.0 Å². The maximum Gasteiger partial charge on any atom is 0.397 e. The molecular weight excluding hydrogens is 488 g/mol. The lowest BCUT2D eigenvalue weighted by Crippen LogP contribution is -2.34. The van der Waals surface area contributed by atoms with Gasteiger partial charge in [-0.2, -0.15) is 16.8 Å². The van der Waals surface area contributed by atoms with Gasteiger partial charge in [-0.25, -0.2) is 8.37 Å². The first kappa shape index (κ1) is 26.1. The summed E-state index contributed by atoms with van der Waals surface area (Å²) in [5, 5.41) is 13.4. The maximum atomic E-state index is 11.3. The normalized spacial score (nSPS) is 13.7. The summed E-state index contributed by atoms with van der Waals surface area (Å²) >= 11 is 0. The van der Waals surface area contributed by atoms with Gasteiger partial charge in [0.2, 0.25) is 5.91 Å². The van der Waals surface area contributed by atoms with E-state index in [0.29, 0.717) is 5.69 Å². The summed E-state index contributed by atoms with van der Waals surface area (Å²) in [6.45, 7) is 0.172. The van der Waals surface area contributed by atoms with Gasteiger partial charge in [0, 0.05) is 24.7 Å². The third-order valence-electron chi connectivity index (χ3n) is 3.83. The number of benzene rings is 2. The number of nitrogens with one attached hydrogen (secondary N) is 1. The molecule has 2 atom stereocenters. The first-order valence-electron chi connectivity index (χ1n) is 8.80. The van der Waals surface area contributed by atoms with Crippen LogP contribution in [0.1, 0.15) is 18.6 Å². The van der Waals surface area contributed by atoms with Gasteiger partial charge in [-0.15, -0.1) is 0 Å². The summed E-state index contributed by atoms with van der Waals surface area (Å²) in [5.41, 5.74) is 0.167. The lowest BCUT2D eigenvalue weighted by atomic mass is 10.0. The lowest BCUT2D eigenvalue weighted by Gasteiger charge is -2.26. The van der Waals surface area contributed by atoms with Crippen molar-refractivity contribution in [3.8, 4) is 5.75 Å². The van der Waals surface area contributed by atoms with E-state index < -0.39 is 44.5 Å². The van der Waals surface area contributed by atoms with Crippen molar-refractivity contribution in [2.75, 3.05) is 11.9 Å². The fourth-order valence-electron chi connectivity index (χ4n) is 2.59. The third-order valence-corrected chi connectivity index (χ3v) is 4.76. The zero-order valence-corrected chi connectivity index (χ0v) is 18.4. The Balaban J connectivity index is 2.45. The Bertz CT molecular complexity index is 1200. The topological polar surface area (TPSA) is 209 Å². The molecule has 14 nitrogen and oxygen atoms in total. The summed E-state index contributed by atoms with van der Waals surface area (Å²) in [7, 11) is -10.2. The Morgan fingerprint density at radius 2 is 1.61 bits per heavy atom. The monoisotopic (exact) mass is 506 g/mol. The van der Waals surface area contributed by atoms with E-state index in [1.807, 2.05) is 0 Å². The number of carbonyl (C=O) groups is 1. The molecule has 180 valence electrons. The molecule has 0 spiro atoms. The second-order valence-electron chi connectivity index (χ2n) is 6.37. The Labute approximate surface area is 188 Å². The van der Waals surface area contributed by atoms with Gasteiger partial charge in [0.05, 0.1) is 4.92 Å². The smallest absolute Gasteiger partial charge is 0.397 e. The van der Waals surface area contributed by atoms with Crippen molar-refractivity contribution in [1.82, 2.24) is 0 Å². The highest BCUT2D eigenvalue weighted by atomic mass is 32.3. The van der Waals surface area contributed by atoms with Gasteiger partial charge in [0.25, 0.3) is 5.69 Å². The van der Waals surface area contributed by atoms with E-state index in [4.69, 9.17) is 13.8 Å². The van der Waals surface area contributed by atoms with Crippen LogP contribution in [0, 0.1) is 10.1 Å². The van der Waals surface area contributed by atoms with Gasteiger partial charge >= 0.3 is 20.8 Å². The van der Waals surface area contributed by atoms with Crippen LogP contribution in [-0.4, -0.2) is 49.5 Å². The van der Waals surface area contributed by atoms with Crippen molar-refractivity contribution in [3.63, 3.8) is 0 Å². The van der Waals surface area contributed by atoms with Gasteiger partial charge in [-0.3, -0.25) is 24.0 Å². The van der Waals surface area contributed by atoms with E-state index in [2.05, 4.69) is 13.7 Å². The van der Waals surface area contributed by atoms with Crippen molar-refractivity contribution < 1.29 is 48.8 Å². The number of carbonyl (C=O) groups excluding carboxylic acids is 1. The fourth-order valence-corrected chi connectivity index (χ4v) is 3.36. The summed E-state index contributed by atoms with van der Waals surface area (Å²) in [5.74, 6) is -0.264. The predicted octanol–water partition coefficient (Wildman–Crippen LogP) is 1.68. The standard InChI is InChI=1S/C17H18N2O12S2/c1-11(20)18-13-4-8-15(9-5-13)30-17(12-2-6-14(7-3-12)19(21)22)16(31-33(26,27)28)10-29-32(23,24)25/h2-9,16-17H,10H2,1H3,(H,18,20)(H,23,24,25)(H,26,27,28). The predicted molar refractivity (Wildman–Crippen MR) is 111 cm³/mol. The highest BCUT2D eigenvalue weighted by molar-refractivity contribution is 7.81. The maximum absolute atomic E-state index is 11.3. The highest BCUT2D eigenvalue weighted by Crippen LogP contribution is 2.30. The van der Waals surface area contributed by atoms with Crippen molar-refractivity contribution >= 4 is 38.1 Å². The van der Waals surface area contributed by atoms with Crippen molar-refractivity contribution in [2.24, 2.45) is 0 Å². The second kappa shape index (κ2) is 10.6. The Hall–Kier alpha value is -3.15. The molecule has 2 aromatic carbocycles. The van der Waals surface area contributed by atoms with Crippen LogP contribution in [0.5, 0.6) is 5.75 Å². The molecule has 0 saturated carbocycles. The Morgan fingerprint density at radius 1 is 1.03 bits per heavy atom. The van der Waals surface area contributed by atoms with Crippen LogP contribution in [0.4, 0.5) is 11.4 Å². The van der Waals surface area contributed by atoms with Crippen LogP contribution in [0.3, 0.4) is 0 Å². The SMILES string of the molecule is CC(=O)Nc1ccc(OC(c2ccc([N+](=O)[O-])cc2)C(COS(=O)(=O)O)OS(=O)(=O)O)cc1. The molecule has 0 radical (unpaired) electrons. The number of rotatable bonds is 11. The Morgan fingerprint density at radius 3 is 2.06 bits per heavy atom. The average Bonchev–Trinajstić information content (AvgIpc) is 2.69. The molecule has 0 aromatic heterocycles. The van der Waals surface area contributed by atoms with E-state index in [1.165, 1.54) is 43.3 Å². The van der Waals surface area contributed by atoms with Crippen LogP contribution in [0.25, 0.3) is 0 Å². The zero-order chi connectivity index (χ0) is 24.8. The molecule has 2 rings (SSSR count). The Kier molecular flexibility index (Phi) is 8.42. The summed E-state index contributed by atoms with van der Waals surface area (Å²) < 4.78 is 76.9. The molecule has 0 aliphatic carbocycles. The van der Waals surface area contributed by atoms with E-state index in [1.54, 1.807) is 0 Å². The second-order valence-corrected chi connectivity index (χ2v) is 8.51. The van der Waals surface area contributed by atoms with Crippen molar-refractivity contribution in [3.05, 3.63) is 64.2 Å². The molecule has 33 heavy (non-hydrogen) atoms. The van der Waals surface area contributed by atoms with Crippen LogP contribution in [0.15, 0.2) is 48.5 Å². The van der Waals surface area contributed by atoms with E-state index in [0.717, 1.165) is 12.1 Å². The number of non-ortho nitro benzene ring substituents is 1. The molecule has 0 bridgehead atoms. The summed E-state index contributed by atoms with van der Waals surface area (Å²) in [6.07, 6.45) is -3.39. The minimum atomic E-state index is -5.17. The van der Waals surface area contributed by atoms with Gasteiger partial charge < -0.3 is 10.1 Å². The molecule has 0 fully saturated rings. The minimum Gasteiger partial charge on any atom is -0.483 e. The first-order chi connectivity index (χ1) is 15.2. The molecule has 0 aliphatic heterocycles. The van der Waals surface area contributed by atoms with Crippen molar-refractivity contribution in [1.29, 1.82) is 0 Å². The number of amides is 1. The van der Waals surface area contributed by atoms with E-state index in [9.17, 15) is 31.7 Å². The molecule has 0 saturated heterocycles. The quantitative estimate of drug-likeness (QED) is 0.226. The van der Waals surface area contributed by atoms with Gasteiger partial charge in [0.1, 0.15) is 18.5 Å². The molecular formula is C17H18N2O12S2. The van der Waals surface area contributed by atoms with E-state index in [-0.39, 0.29) is 22.9 Å². The van der Waals surface area contributed by atoms with E-state index >= 15 is 0 Å². The molecule has 1 amide bonds. The zero-order valence-electron chi connectivity index (χ0n) is 16.7. The molecule has 0 aliphatic rings.